The minimum Gasteiger partial charge on any atom is -0.295 e. The molecule has 2 rings (SSSR count). The highest BCUT2D eigenvalue weighted by molar-refractivity contribution is 7.89. The first kappa shape index (κ1) is 19.1. The molecular weight excluding hydrogens is 355 g/mol. The fraction of sp³-hybridized carbons (Fsp3) is 0.235. The van der Waals surface area contributed by atoms with E-state index in [0.29, 0.717) is 11.1 Å². The van der Waals surface area contributed by atoms with Gasteiger partial charge in [-0.05, 0) is 49.7 Å². The number of ketones is 1. The number of sulfonamides is 1. The van der Waals surface area contributed by atoms with Gasteiger partial charge in [0, 0.05) is 5.56 Å². The molecular formula is C17H16F3NO3S. The summed E-state index contributed by atoms with van der Waals surface area (Å²) in [5.74, 6) is -0.366. The molecule has 0 amide bonds. The van der Waals surface area contributed by atoms with Crippen LogP contribution in [0.3, 0.4) is 0 Å². The highest BCUT2D eigenvalue weighted by Gasteiger charge is 2.30. The van der Waals surface area contributed by atoms with Gasteiger partial charge in [0.15, 0.2) is 5.78 Å². The largest absolute Gasteiger partial charge is 0.416 e. The molecule has 0 fully saturated rings. The van der Waals surface area contributed by atoms with Crippen LogP contribution in [-0.2, 0) is 22.6 Å². The maximum atomic E-state index is 12.8. The first-order valence-corrected chi connectivity index (χ1v) is 8.76. The lowest BCUT2D eigenvalue weighted by atomic mass is 9.97. The average molecular weight is 371 g/mol. The van der Waals surface area contributed by atoms with Gasteiger partial charge >= 0.3 is 6.18 Å². The summed E-state index contributed by atoms with van der Waals surface area (Å²) in [6.45, 7) is 1.28. The molecule has 0 saturated heterocycles. The van der Waals surface area contributed by atoms with E-state index in [4.69, 9.17) is 0 Å². The second-order valence-corrected chi connectivity index (χ2v) is 7.34. The Balaban J connectivity index is 2.45. The molecule has 0 unspecified atom stereocenters. The molecule has 0 heterocycles. The fourth-order valence-electron chi connectivity index (χ4n) is 2.40. The number of alkyl halides is 3. The first-order valence-electron chi connectivity index (χ1n) is 7.28. The Morgan fingerprint density at radius 2 is 1.80 bits per heavy atom. The highest BCUT2D eigenvalue weighted by Crippen LogP contribution is 2.30. The van der Waals surface area contributed by atoms with Gasteiger partial charge in [-0.25, -0.2) is 13.1 Å². The van der Waals surface area contributed by atoms with Crippen molar-refractivity contribution in [1.82, 2.24) is 4.72 Å². The highest BCUT2D eigenvalue weighted by atomic mass is 32.2. The molecule has 1 N–H and O–H groups in total. The molecule has 4 nitrogen and oxygen atoms in total. The van der Waals surface area contributed by atoms with Crippen molar-refractivity contribution in [2.45, 2.75) is 24.4 Å². The lowest BCUT2D eigenvalue weighted by Gasteiger charge is -2.12. The van der Waals surface area contributed by atoms with Crippen LogP contribution in [0.15, 0.2) is 47.4 Å². The zero-order valence-corrected chi connectivity index (χ0v) is 14.3. The Kier molecular flexibility index (Phi) is 5.34. The summed E-state index contributed by atoms with van der Waals surface area (Å²) < 4.78 is 64.3. The minimum atomic E-state index is -4.45. The predicted molar refractivity (Wildman–Crippen MR) is 86.9 cm³/mol. The smallest absolute Gasteiger partial charge is 0.295 e. The predicted octanol–water partition coefficient (Wildman–Crippen LogP) is 3.41. The van der Waals surface area contributed by atoms with E-state index in [1.165, 1.54) is 44.3 Å². The topological polar surface area (TPSA) is 63.2 Å². The minimum absolute atomic E-state index is 0.0759. The number of Topliss-reactive ketones (excluding diaryl/α,β-unsaturated/α-hetero) is 1. The number of hydrogen-bond acceptors (Lipinski definition) is 3. The quantitative estimate of drug-likeness (QED) is 0.820. The summed E-state index contributed by atoms with van der Waals surface area (Å²) in [6, 6.07) is 8.81. The van der Waals surface area contributed by atoms with E-state index in [0.717, 1.165) is 12.1 Å². The summed E-state index contributed by atoms with van der Waals surface area (Å²) in [5.41, 5.74) is 0.223. The molecule has 0 aromatic heterocycles. The number of halogens is 3. The fourth-order valence-corrected chi connectivity index (χ4v) is 3.16. The number of carbonyl (C=O) groups is 1. The van der Waals surface area contributed by atoms with Crippen LogP contribution >= 0.6 is 0 Å². The van der Waals surface area contributed by atoms with Crippen molar-refractivity contribution in [1.29, 1.82) is 0 Å². The van der Waals surface area contributed by atoms with E-state index in [2.05, 4.69) is 4.72 Å². The molecule has 2 aromatic carbocycles. The van der Waals surface area contributed by atoms with Crippen molar-refractivity contribution in [3.8, 4) is 0 Å². The Morgan fingerprint density at radius 1 is 1.12 bits per heavy atom. The number of carbonyl (C=O) groups excluding carboxylic acids is 1. The van der Waals surface area contributed by atoms with Gasteiger partial charge in [0.2, 0.25) is 10.0 Å². The molecule has 2 aromatic rings. The number of nitrogens with one attached hydrogen (secondary N) is 1. The van der Waals surface area contributed by atoms with Crippen molar-refractivity contribution in [3.05, 3.63) is 64.7 Å². The molecule has 0 saturated carbocycles. The third-order valence-electron chi connectivity index (χ3n) is 3.69. The standard InChI is InChI=1S/C17H16F3NO3S/c1-11(22)16-10-15(25(23,24)21-2)7-6-13(16)8-12-4-3-5-14(9-12)17(18,19)20/h3-7,9-10,21H,8H2,1-2H3. The molecule has 134 valence electrons. The van der Waals surface area contributed by atoms with Gasteiger partial charge in [0.1, 0.15) is 0 Å². The van der Waals surface area contributed by atoms with E-state index in [1.54, 1.807) is 0 Å². The van der Waals surface area contributed by atoms with Gasteiger partial charge in [-0.2, -0.15) is 13.2 Å². The Bertz CT molecular complexity index is 906. The number of rotatable bonds is 5. The Labute approximate surface area is 143 Å². The summed E-state index contributed by atoms with van der Waals surface area (Å²) in [7, 11) is -2.47. The zero-order valence-electron chi connectivity index (χ0n) is 13.5. The van der Waals surface area contributed by atoms with E-state index in [9.17, 15) is 26.4 Å². The SMILES string of the molecule is CNS(=O)(=O)c1ccc(Cc2cccc(C(F)(F)F)c2)c(C(C)=O)c1. The van der Waals surface area contributed by atoms with Crippen LogP contribution in [0.5, 0.6) is 0 Å². The molecule has 0 aliphatic heterocycles. The Morgan fingerprint density at radius 3 is 2.36 bits per heavy atom. The van der Waals surface area contributed by atoms with E-state index < -0.39 is 21.8 Å². The van der Waals surface area contributed by atoms with E-state index in [1.807, 2.05) is 0 Å². The van der Waals surface area contributed by atoms with Crippen molar-refractivity contribution >= 4 is 15.8 Å². The summed E-state index contributed by atoms with van der Waals surface area (Å²) in [6.07, 6.45) is -4.37. The molecule has 0 aliphatic carbocycles. The van der Waals surface area contributed by atoms with Gasteiger partial charge in [-0.15, -0.1) is 0 Å². The van der Waals surface area contributed by atoms with Crippen LogP contribution in [-0.4, -0.2) is 21.2 Å². The van der Waals surface area contributed by atoms with Crippen LogP contribution in [0, 0.1) is 0 Å². The van der Waals surface area contributed by atoms with Crippen molar-refractivity contribution in [3.63, 3.8) is 0 Å². The summed E-state index contributed by atoms with van der Waals surface area (Å²) in [4.78, 5) is 11.8. The second kappa shape index (κ2) is 6.97. The van der Waals surface area contributed by atoms with Crippen molar-refractivity contribution < 1.29 is 26.4 Å². The average Bonchev–Trinajstić information content (AvgIpc) is 2.54. The molecule has 0 aliphatic rings. The van der Waals surface area contributed by atoms with Crippen LogP contribution in [0.25, 0.3) is 0 Å². The molecule has 25 heavy (non-hydrogen) atoms. The molecule has 0 atom stereocenters. The van der Waals surface area contributed by atoms with Crippen molar-refractivity contribution in [2.24, 2.45) is 0 Å². The molecule has 0 bridgehead atoms. The van der Waals surface area contributed by atoms with Gasteiger partial charge in [-0.3, -0.25) is 4.79 Å². The summed E-state index contributed by atoms with van der Waals surface area (Å²) >= 11 is 0. The van der Waals surface area contributed by atoms with Gasteiger partial charge in [0.25, 0.3) is 0 Å². The lowest BCUT2D eigenvalue weighted by Crippen LogP contribution is -2.19. The maximum Gasteiger partial charge on any atom is 0.416 e. The van der Waals surface area contributed by atoms with Gasteiger partial charge < -0.3 is 0 Å². The third kappa shape index (κ3) is 4.46. The molecule has 0 radical (unpaired) electrons. The van der Waals surface area contributed by atoms with E-state index >= 15 is 0 Å². The third-order valence-corrected chi connectivity index (χ3v) is 5.10. The monoisotopic (exact) mass is 371 g/mol. The molecule has 0 spiro atoms. The number of hydrogen-bond donors (Lipinski definition) is 1. The lowest BCUT2D eigenvalue weighted by molar-refractivity contribution is -0.137. The summed E-state index contributed by atoms with van der Waals surface area (Å²) in [5, 5.41) is 0. The van der Waals surface area contributed by atoms with Crippen molar-refractivity contribution in [2.75, 3.05) is 7.05 Å². The van der Waals surface area contributed by atoms with Gasteiger partial charge in [-0.1, -0.05) is 24.3 Å². The normalized spacial score (nSPS) is 12.2. The van der Waals surface area contributed by atoms with Gasteiger partial charge in [0.05, 0.1) is 10.5 Å². The molecule has 8 heteroatoms. The first-order chi connectivity index (χ1) is 11.5. The maximum absolute atomic E-state index is 12.8. The number of benzene rings is 2. The van der Waals surface area contributed by atoms with Crippen LogP contribution in [0.4, 0.5) is 13.2 Å². The van der Waals surface area contributed by atoms with Crippen LogP contribution < -0.4 is 4.72 Å². The Hall–Kier alpha value is -2.19. The zero-order chi connectivity index (χ0) is 18.8. The second-order valence-electron chi connectivity index (χ2n) is 5.46. The van der Waals surface area contributed by atoms with E-state index in [-0.39, 0.29) is 22.7 Å². The van der Waals surface area contributed by atoms with Crippen LogP contribution in [0.1, 0.15) is 34.0 Å². The van der Waals surface area contributed by atoms with Crippen LogP contribution in [0.2, 0.25) is 0 Å².